The van der Waals surface area contributed by atoms with E-state index in [9.17, 15) is 0 Å². The molecule has 1 heterocycles. The van der Waals surface area contributed by atoms with Crippen molar-refractivity contribution in [2.24, 2.45) is 10.2 Å². The third kappa shape index (κ3) is 18.0. The predicted octanol–water partition coefficient (Wildman–Crippen LogP) is 9.99. The Labute approximate surface area is 227 Å². The van der Waals surface area contributed by atoms with E-state index in [-0.39, 0.29) is 18.2 Å². The molecule has 7 heteroatoms. The van der Waals surface area contributed by atoms with Crippen LogP contribution in [0.25, 0.3) is 0 Å². The maximum absolute atomic E-state index is 5.64. The quantitative estimate of drug-likeness (QED) is 0.0868. The molecule has 0 radical (unpaired) electrons. The second-order valence-corrected chi connectivity index (χ2v) is 9.54. The van der Waals surface area contributed by atoms with Crippen molar-refractivity contribution in [2.45, 2.75) is 96.8 Å². The molecule has 192 valence electrons. The van der Waals surface area contributed by atoms with Crippen LogP contribution in [0.4, 0.5) is 23.0 Å². The average molecular weight is 602 g/mol. The highest BCUT2D eigenvalue weighted by Gasteiger charge is 1.99. The van der Waals surface area contributed by atoms with Gasteiger partial charge in [0, 0.05) is 0 Å². The van der Waals surface area contributed by atoms with Crippen molar-refractivity contribution in [1.82, 2.24) is 4.98 Å². The molecule has 0 bridgehead atoms. The number of unbranched alkanes of at least 4 members (excludes halogenated alkanes) is 13. The number of hydrogen-bond acceptors (Lipinski definition) is 5. The molecule has 0 atom stereocenters. The lowest BCUT2D eigenvalue weighted by atomic mass is 10.0. The standard InChI is InChI=1S/C16H33I.C11H11N5.ClH/c1-2-3-4-5-6-7-8-9-10-11-12-13-14-15-16-17;12-10-7-6-9(11(13)14-10)16-15-8-4-2-1-3-5-8;/h2-16H2,1H3;1-7H,(H4,12,13,14);1H. The van der Waals surface area contributed by atoms with Crippen LogP contribution in [0.15, 0.2) is 52.7 Å². The highest BCUT2D eigenvalue weighted by molar-refractivity contribution is 14.1. The molecule has 34 heavy (non-hydrogen) atoms. The van der Waals surface area contributed by atoms with Gasteiger partial charge in [-0.25, -0.2) is 4.98 Å². The monoisotopic (exact) mass is 601 g/mol. The van der Waals surface area contributed by atoms with Gasteiger partial charge in [0.2, 0.25) is 0 Å². The van der Waals surface area contributed by atoms with E-state index in [1.807, 2.05) is 30.3 Å². The molecule has 0 spiro atoms. The van der Waals surface area contributed by atoms with Crippen LogP contribution >= 0.6 is 35.0 Å². The van der Waals surface area contributed by atoms with Crippen molar-refractivity contribution in [2.75, 3.05) is 15.9 Å². The summed E-state index contributed by atoms with van der Waals surface area (Å²) in [5, 5.41) is 8.03. The summed E-state index contributed by atoms with van der Waals surface area (Å²) in [5.41, 5.74) is 12.4. The number of aromatic nitrogens is 1. The molecular weight excluding hydrogens is 557 g/mol. The van der Waals surface area contributed by atoms with Gasteiger partial charge in [-0.3, -0.25) is 0 Å². The minimum Gasteiger partial charge on any atom is -0.384 e. The van der Waals surface area contributed by atoms with Gasteiger partial charge in [-0.1, -0.05) is 131 Å². The highest BCUT2D eigenvalue weighted by atomic mass is 127. The maximum Gasteiger partial charge on any atom is 0.153 e. The number of rotatable bonds is 16. The Balaban J connectivity index is 0.000000622. The zero-order chi connectivity index (χ0) is 24.0. The molecule has 0 amide bonds. The van der Waals surface area contributed by atoms with Crippen LogP contribution in [0.1, 0.15) is 96.8 Å². The first-order valence-electron chi connectivity index (χ1n) is 12.7. The zero-order valence-electron chi connectivity index (χ0n) is 20.9. The normalized spacial score (nSPS) is 10.5. The number of halogens is 2. The third-order valence-corrected chi connectivity index (χ3v) is 6.20. The third-order valence-electron chi connectivity index (χ3n) is 5.44. The summed E-state index contributed by atoms with van der Waals surface area (Å²) < 4.78 is 1.34. The molecule has 0 saturated carbocycles. The Morgan fingerprint density at radius 2 is 1.18 bits per heavy atom. The topological polar surface area (TPSA) is 89.6 Å². The lowest BCUT2D eigenvalue weighted by Crippen LogP contribution is -1.95. The van der Waals surface area contributed by atoms with Gasteiger partial charge in [-0.15, -0.1) is 17.5 Å². The number of nitrogens with two attached hydrogens (primary N) is 2. The molecule has 0 fully saturated rings. The fourth-order valence-electron chi connectivity index (χ4n) is 3.46. The minimum atomic E-state index is 0. The first-order valence-corrected chi connectivity index (χ1v) is 14.2. The largest absolute Gasteiger partial charge is 0.384 e. The van der Waals surface area contributed by atoms with E-state index in [1.165, 1.54) is 94.3 Å². The summed E-state index contributed by atoms with van der Waals surface area (Å²) in [6.07, 6.45) is 20.5. The first kappa shape index (κ1) is 32.6. The summed E-state index contributed by atoms with van der Waals surface area (Å²) in [6, 6.07) is 12.7. The summed E-state index contributed by atoms with van der Waals surface area (Å²) in [6.45, 7) is 2.29. The fraction of sp³-hybridized carbons (Fsp3) is 0.593. The first-order chi connectivity index (χ1) is 16.2. The molecule has 2 rings (SSSR count). The van der Waals surface area contributed by atoms with Gasteiger partial charge in [-0.05, 0) is 35.1 Å². The van der Waals surface area contributed by atoms with Crippen molar-refractivity contribution in [3.63, 3.8) is 0 Å². The number of hydrogen-bond donors (Lipinski definition) is 2. The molecule has 0 saturated heterocycles. The molecule has 1 aromatic carbocycles. The SMILES string of the molecule is CCCCCCCCCCCCCCCCI.Cl.Nc1ccc(N=Nc2ccccc2)c(N)n1. The van der Waals surface area contributed by atoms with Crippen LogP contribution in [-0.2, 0) is 0 Å². The Morgan fingerprint density at radius 3 is 1.65 bits per heavy atom. The van der Waals surface area contributed by atoms with Crippen LogP contribution in [0, 0.1) is 0 Å². The molecule has 0 aliphatic carbocycles. The van der Waals surface area contributed by atoms with Crippen molar-refractivity contribution >= 4 is 58.0 Å². The molecule has 0 aliphatic rings. The Bertz CT molecular complexity index is 729. The van der Waals surface area contributed by atoms with Gasteiger partial charge < -0.3 is 11.5 Å². The zero-order valence-corrected chi connectivity index (χ0v) is 23.9. The number of alkyl halides is 1. The molecule has 5 nitrogen and oxygen atoms in total. The summed E-state index contributed by atoms with van der Waals surface area (Å²) in [4.78, 5) is 3.89. The van der Waals surface area contributed by atoms with Gasteiger partial charge in [0.25, 0.3) is 0 Å². The van der Waals surface area contributed by atoms with Crippen molar-refractivity contribution in [1.29, 1.82) is 0 Å². The minimum absolute atomic E-state index is 0. The van der Waals surface area contributed by atoms with E-state index in [0.717, 1.165) is 5.69 Å². The molecular formula is C27H45ClIN5. The fourth-order valence-corrected chi connectivity index (χ4v) is 4.00. The Kier molecular flexibility index (Phi) is 22.4. The number of azo groups is 1. The Morgan fingerprint density at radius 1 is 0.676 bits per heavy atom. The molecule has 0 unspecified atom stereocenters. The van der Waals surface area contributed by atoms with E-state index in [0.29, 0.717) is 11.5 Å². The van der Waals surface area contributed by atoms with E-state index < -0.39 is 0 Å². The van der Waals surface area contributed by atoms with Crippen LogP contribution < -0.4 is 11.5 Å². The highest BCUT2D eigenvalue weighted by Crippen LogP contribution is 2.23. The lowest BCUT2D eigenvalue weighted by molar-refractivity contribution is 0.539. The van der Waals surface area contributed by atoms with Gasteiger partial charge >= 0.3 is 0 Å². The molecule has 2 aromatic rings. The second kappa shape index (κ2) is 23.3. The van der Waals surface area contributed by atoms with E-state index in [1.54, 1.807) is 12.1 Å². The average Bonchev–Trinajstić information content (AvgIpc) is 2.83. The second-order valence-electron chi connectivity index (χ2n) is 8.46. The maximum atomic E-state index is 5.64. The van der Waals surface area contributed by atoms with Crippen LogP contribution in [0.3, 0.4) is 0 Å². The summed E-state index contributed by atoms with van der Waals surface area (Å²) in [7, 11) is 0. The predicted molar refractivity (Wildman–Crippen MR) is 160 cm³/mol. The molecule has 0 aliphatic heterocycles. The number of pyridine rings is 1. The smallest absolute Gasteiger partial charge is 0.153 e. The summed E-state index contributed by atoms with van der Waals surface area (Å²) in [5.74, 6) is 0.649. The van der Waals surface area contributed by atoms with Crippen LogP contribution in [-0.4, -0.2) is 9.41 Å². The Hall–Kier alpha value is -1.41. The van der Waals surface area contributed by atoms with Crippen molar-refractivity contribution < 1.29 is 0 Å². The van der Waals surface area contributed by atoms with Crippen molar-refractivity contribution in [3.8, 4) is 0 Å². The molecule has 4 N–H and O–H groups in total. The van der Waals surface area contributed by atoms with Crippen LogP contribution in [0.2, 0.25) is 0 Å². The van der Waals surface area contributed by atoms with Gasteiger partial charge in [0.05, 0.1) is 5.69 Å². The van der Waals surface area contributed by atoms with Gasteiger partial charge in [-0.2, -0.15) is 5.11 Å². The van der Waals surface area contributed by atoms with E-state index >= 15 is 0 Å². The van der Waals surface area contributed by atoms with Crippen molar-refractivity contribution in [3.05, 3.63) is 42.5 Å². The number of anilines is 2. The van der Waals surface area contributed by atoms with Crippen LogP contribution in [0.5, 0.6) is 0 Å². The van der Waals surface area contributed by atoms with Gasteiger partial charge in [0.1, 0.15) is 11.5 Å². The van der Waals surface area contributed by atoms with E-state index in [4.69, 9.17) is 11.5 Å². The molecule has 1 aromatic heterocycles. The van der Waals surface area contributed by atoms with E-state index in [2.05, 4.69) is 44.7 Å². The number of nitrogen functional groups attached to an aromatic ring is 2. The number of nitrogens with zero attached hydrogens (tertiary/aromatic N) is 3. The number of benzene rings is 1. The van der Waals surface area contributed by atoms with Gasteiger partial charge in [0.15, 0.2) is 5.82 Å². The summed E-state index contributed by atoms with van der Waals surface area (Å²) >= 11 is 2.48. The lowest BCUT2D eigenvalue weighted by Gasteiger charge is -2.02.